The first-order chi connectivity index (χ1) is 35.8. The van der Waals surface area contributed by atoms with Crippen LogP contribution in [-0.4, -0.2) is 194 Å². The van der Waals surface area contributed by atoms with Gasteiger partial charge >= 0.3 is 23.9 Å². The lowest BCUT2D eigenvalue weighted by atomic mass is 10.1. The number of Topliss-reactive ketones (excluding diaryl/α,β-unsaturated/α-hetero) is 4. The quantitative estimate of drug-likeness (QED) is 0.0208. The predicted octanol–water partition coefficient (Wildman–Crippen LogP) is 3.88. The van der Waals surface area contributed by atoms with Crippen molar-refractivity contribution in [2.75, 3.05) is 90.1 Å². The van der Waals surface area contributed by atoms with Gasteiger partial charge in [0.05, 0.1) is 26.4 Å². The molecule has 4 atom stereocenters. The summed E-state index contributed by atoms with van der Waals surface area (Å²) in [6.07, 6.45) is 2.37. The standard InChI is InChI=1S/C44H74O25S8/c1-33(72-76(5,57)58)22-37(47)14-9-19-42(50)67-30-63-28-40(65-32-69-44(52)24-38(48)23-34(2)73-77(6,59)60)26-61-25-39(64-31-68-43(51)18-8-13-36(46)16-11-21-71-75(4,55)56)27-62-29-66-41(49)17-7-12-35(45)15-10-20-70-74(3,53)54/h33-34,39-40H,7-32H2,1-6H3. The number of ketones is 4. The largest absolute Gasteiger partial charge is 0.438 e. The molecular formula is C44H74O25S8. The fourth-order valence-electron chi connectivity index (χ4n) is 5.99. The van der Waals surface area contributed by atoms with Crippen LogP contribution in [0.1, 0.15) is 117 Å². The average molecular weight is 1260 g/mol. The molecule has 0 N–H and O–H groups in total. The van der Waals surface area contributed by atoms with Gasteiger partial charge in [0, 0.05) is 111 Å². The Kier molecular flexibility index (Phi) is 40.2. The van der Waals surface area contributed by atoms with E-state index in [1.165, 1.54) is 6.92 Å². The van der Waals surface area contributed by atoms with E-state index < -0.39 is 121 Å². The fourth-order valence-corrected chi connectivity index (χ4v) is 15.3. The van der Waals surface area contributed by atoms with Crippen LogP contribution in [0.15, 0.2) is 0 Å². The molecule has 448 valence electrons. The zero-order valence-corrected chi connectivity index (χ0v) is 50.7. The van der Waals surface area contributed by atoms with E-state index in [-0.39, 0.29) is 139 Å². The number of carbonyl (C=O) groups excluding carboxylic acids is 8. The average Bonchev–Trinajstić information content (AvgIpc) is 3.27. The highest BCUT2D eigenvalue weighted by molar-refractivity contribution is 8.72. The smallest absolute Gasteiger partial charge is 0.315 e. The third kappa shape index (κ3) is 51.5. The SMILES string of the molecule is CC(CC(=O)CCCC(=O)OCOCC(COCC(COCOC(=O)CCCC(=O)CCCSS(C)(=O)=O)OCOC(=O)CCCC(=O)CCCSS(C)(=O)=O)OCOC(=O)CC(=O)CC(C)SS(C)(=O)=O)SS(C)(=O)=O. The highest BCUT2D eigenvalue weighted by Gasteiger charge is 2.21. The number of rotatable bonds is 50. The van der Waals surface area contributed by atoms with Crippen molar-refractivity contribution in [2.24, 2.45) is 0 Å². The molecule has 0 heterocycles. The Labute approximate surface area is 466 Å². The number of carbonyl (C=O) groups is 8. The van der Waals surface area contributed by atoms with Crippen LogP contribution in [0.4, 0.5) is 0 Å². The van der Waals surface area contributed by atoms with Crippen molar-refractivity contribution in [2.45, 2.75) is 139 Å². The lowest BCUT2D eigenvalue weighted by Crippen LogP contribution is -2.33. The maximum Gasteiger partial charge on any atom is 0.315 e. The first-order valence-electron chi connectivity index (χ1n) is 23.9. The van der Waals surface area contributed by atoms with Crippen LogP contribution in [-0.2, 0) is 116 Å². The van der Waals surface area contributed by atoms with E-state index in [9.17, 15) is 72.0 Å². The van der Waals surface area contributed by atoms with Crippen LogP contribution >= 0.6 is 43.2 Å². The third-order valence-corrected chi connectivity index (χ3v) is 20.3. The lowest BCUT2D eigenvalue weighted by Gasteiger charge is -2.21. The molecule has 0 fully saturated rings. The van der Waals surface area contributed by atoms with Crippen molar-refractivity contribution in [1.82, 2.24) is 0 Å². The van der Waals surface area contributed by atoms with E-state index in [4.69, 9.17) is 42.6 Å². The van der Waals surface area contributed by atoms with Crippen LogP contribution in [0.3, 0.4) is 0 Å². The van der Waals surface area contributed by atoms with Gasteiger partial charge in [-0.2, -0.15) is 0 Å². The minimum atomic E-state index is -3.45. The van der Waals surface area contributed by atoms with E-state index in [1.807, 2.05) is 0 Å². The Morgan fingerprint density at radius 2 is 0.701 bits per heavy atom. The van der Waals surface area contributed by atoms with Gasteiger partial charge in [0.15, 0.2) is 62.6 Å². The molecule has 0 aliphatic heterocycles. The molecule has 0 aromatic carbocycles. The van der Waals surface area contributed by atoms with Crippen molar-refractivity contribution in [3.63, 3.8) is 0 Å². The summed E-state index contributed by atoms with van der Waals surface area (Å²) in [6.45, 7) is -0.653. The zero-order chi connectivity index (χ0) is 58.5. The van der Waals surface area contributed by atoms with Crippen LogP contribution in [0.25, 0.3) is 0 Å². The molecule has 77 heavy (non-hydrogen) atoms. The summed E-state index contributed by atoms with van der Waals surface area (Å²) in [6, 6.07) is 0. The number of ether oxygens (including phenoxy) is 9. The minimum Gasteiger partial charge on any atom is -0.438 e. The fraction of sp³-hybridized carbons (Fsp3) is 0.818. The highest BCUT2D eigenvalue weighted by Crippen LogP contribution is 2.22. The van der Waals surface area contributed by atoms with Crippen LogP contribution < -0.4 is 0 Å². The number of hydrogen-bond acceptors (Lipinski definition) is 29. The normalized spacial score (nSPS) is 13.7. The van der Waals surface area contributed by atoms with Gasteiger partial charge in [0.2, 0.25) is 0 Å². The van der Waals surface area contributed by atoms with E-state index >= 15 is 0 Å². The summed E-state index contributed by atoms with van der Waals surface area (Å²) in [5.41, 5.74) is 0. The Morgan fingerprint density at radius 3 is 1.08 bits per heavy atom. The van der Waals surface area contributed by atoms with E-state index in [0.717, 1.165) is 46.6 Å². The monoisotopic (exact) mass is 1260 g/mol. The van der Waals surface area contributed by atoms with Crippen molar-refractivity contribution < 1.29 is 115 Å². The zero-order valence-electron chi connectivity index (χ0n) is 44.2. The molecule has 0 bridgehead atoms. The lowest BCUT2D eigenvalue weighted by molar-refractivity contribution is -0.185. The molecule has 0 saturated carbocycles. The molecule has 0 aromatic rings. The molecule has 0 rings (SSSR count). The molecular weight excluding hydrogens is 1180 g/mol. The van der Waals surface area contributed by atoms with Gasteiger partial charge in [0.25, 0.3) is 0 Å². The summed E-state index contributed by atoms with van der Waals surface area (Å²) in [5, 5.41) is -1.10. The molecule has 25 nitrogen and oxygen atoms in total. The Morgan fingerprint density at radius 1 is 0.377 bits per heavy atom. The summed E-state index contributed by atoms with van der Waals surface area (Å²) < 4.78 is 139. The van der Waals surface area contributed by atoms with Gasteiger partial charge in [-0.15, -0.1) is 0 Å². The molecule has 0 saturated heterocycles. The van der Waals surface area contributed by atoms with Gasteiger partial charge in [-0.05, 0) is 75.3 Å². The minimum absolute atomic E-state index is 0.00567. The predicted molar refractivity (Wildman–Crippen MR) is 289 cm³/mol. The van der Waals surface area contributed by atoms with E-state index in [0.29, 0.717) is 34.4 Å². The van der Waals surface area contributed by atoms with Crippen molar-refractivity contribution in [1.29, 1.82) is 0 Å². The van der Waals surface area contributed by atoms with Gasteiger partial charge in [-0.1, -0.05) is 13.8 Å². The van der Waals surface area contributed by atoms with Crippen molar-refractivity contribution >= 4 is 126 Å². The van der Waals surface area contributed by atoms with Crippen LogP contribution in [0.5, 0.6) is 0 Å². The molecule has 0 aliphatic rings. The highest BCUT2D eigenvalue weighted by atomic mass is 33.2. The summed E-state index contributed by atoms with van der Waals surface area (Å²) in [5.74, 6) is -3.69. The second-order valence-electron chi connectivity index (χ2n) is 17.2. The summed E-state index contributed by atoms with van der Waals surface area (Å²) in [7, 11) is -10.5. The van der Waals surface area contributed by atoms with E-state index in [1.54, 1.807) is 6.92 Å². The van der Waals surface area contributed by atoms with Gasteiger partial charge < -0.3 is 42.6 Å². The molecule has 33 heteroatoms. The molecule has 0 spiro atoms. The summed E-state index contributed by atoms with van der Waals surface area (Å²) in [4.78, 5) is 98.5. The first-order valence-corrected chi connectivity index (χ1v) is 37.3. The maximum atomic E-state index is 12.5. The number of esters is 4. The van der Waals surface area contributed by atoms with Crippen molar-refractivity contribution in [3.8, 4) is 0 Å². The summed E-state index contributed by atoms with van der Waals surface area (Å²) >= 11 is 0. The maximum absolute atomic E-state index is 12.5. The third-order valence-electron chi connectivity index (χ3n) is 9.22. The number of hydrogen-bond donors (Lipinski definition) is 0. The van der Waals surface area contributed by atoms with Gasteiger partial charge in [0.1, 0.15) is 41.8 Å². The van der Waals surface area contributed by atoms with Crippen LogP contribution in [0.2, 0.25) is 0 Å². The van der Waals surface area contributed by atoms with E-state index in [2.05, 4.69) is 0 Å². The second-order valence-corrected chi connectivity index (χ2v) is 35.9. The first kappa shape index (κ1) is 74.6. The van der Waals surface area contributed by atoms with Crippen LogP contribution in [0, 0.1) is 0 Å². The Hall–Kier alpha value is -2.44. The molecule has 0 radical (unpaired) electrons. The molecule has 0 aliphatic carbocycles. The van der Waals surface area contributed by atoms with Crippen molar-refractivity contribution in [3.05, 3.63) is 0 Å². The molecule has 4 unspecified atom stereocenters. The Balaban J connectivity index is 5.56. The van der Waals surface area contributed by atoms with Gasteiger partial charge in [-0.25, -0.2) is 33.7 Å². The molecule has 0 aromatic heterocycles. The second kappa shape index (κ2) is 41.5. The topological polar surface area (TPSA) is 356 Å². The Bertz CT molecular complexity index is 2290. The molecule has 0 amide bonds. The van der Waals surface area contributed by atoms with Gasteiger partial charge in [-0.3, -0.25) is 38.4 Å².